The second-order valence-electron chi connectivity index (χ2n) is 8.54. The van der Waals surface area contributed by atoms with E-state index in [4.69, 9.17) is 0 Å². The molecule has 0 heteroatoms. The molecule has 1 rings (SSSR count). The van der Waals surface area contributed by atoms with Gasteiger partial charge in [0.15, 0.2) is 0 Å². The molecule has 1 aliphatic rings. The highest BCUT2D eigenvalue weighted by molar-refractivity contribution is 4.80. The van der Waals surface area contributed by atoms with Crippen molar-refractivity contribution in [1.29, 1.82) is 0 Å². The fourth-order valence-electron chi connectivity index (χ4n) is 3.24. The fourth-order valence-corrected chi connectivity index (χ4v) is 3.24. The third-order valence-corrected chi connectivity index (χ3v) is 4.61. The van der Waals surface area contributed by atoms with Crippen LogP contribution in [0.4, 0.5) is 0 Å². The van der Waals surface area contributed by atoms with Crippen LogP contribution >= 0.6 is 0 Å². The Bertz CT molecular complexity index is 202. The number of hydrogen-bond donors (Lipinski definition) is 0. The van der Waals surface area contributed by atoms with Gasteiger partial charge in [0.05, 0.1) is 0 Å². The minimum Gasteiger partial charge on any atom is -0.0602 e. The first kappa shape index (κ1) is 15.1. The molecule has 0 spiro atoms. The Balaban J connectivity index is 2.20. The van der Waals surface area contributed by atoms with Gasteiger partial charge in [0.1, 0.15) is 0 Å². The molecule has 0 heterocycles. The molecule has 0 aromatic carbocycles. The second kappa shape index (κ2) is 5.76. The highest BCUT2D eigenvalue weighted by Crippen LogP contribution is 2.41. The van der Waals surface area contributed by atoms with Gasteiger partial charge >= 0.3 is 0 Å². The lowest BCUT2D eigenvalue weighted by atomic mass is 9.69. The van der Waals surface area contributed by atoms with Crippen LogP contribution in [0.1, 0.15) is 86.5 Å². The smallest absolute Gasteiger partial charge is 0.0354 e. The molecule has 0 unspecified atom stereocenters. The minimum atomic E-state index is 0.530. The Morgan fingerprint density at radius 1 is 0.824 bits per heavy atom. The van der Waals surface area contributed by atoms with Crippen molar-refractivity contribution in [3.8, 4) is 0 Å². The van der Waals surface area contributed by atoms with E-state index in [-0.39, 0.29) is 0 Å². The third-order valence-electron chi connectivity index (χ3n) is 4.61. The summed E-state index contributed by atoms with van der Waals surface area (Å²) in [6.45, 7) is 14.3. The maximum atomic E-state index is 2.41. The molecule has 1 aliphatic carbocycles. The Hall–Kier alpha value is 0. The molecule has 0 aliphatic heterocycles. The van der Waals surface area contributed by atoms with Gasteiger partial charge in [-0.05, 0) is 41.9 Å². The first-order chi connectivity index (χ1) is 7.68. The van der Waals surface area contributed by atoms with Crippen molar-refractivity contribution < 1.29 is 0 Å². The van der Waals surface area contributed by atoms with Crippen LogP contribution in [0.3, 0.4) is 0 Å². The van der Waals surface area contributed by atoms with E-state index in [1.54, 1.807) is 0 Å². The molecule has 0 aromatic heterocycles. The van der Waals surface area contributed by atoms with Gasteiger partial charge in [-0.1, -0.05) is 67.2 Å². The van der Waals surface area contributed by atoms with Crippen molar-refractivity contribution >= 4 is 0 Å². The lowest BCUT2D eigenvalue weighted by molar-refractivity contribution is 0.144. The fraction of sp³-hybridized carbons (Fsp3) is 1.00. The van der Waals surface area contributed by atoms with Crippen molar-refractivity contribution in [2.24, 2.45) is 22.7 Å². The zero-order valence-corrected chi connectivity index (χ0v) is 13.1. The molecule has 1 fully saturated rings. The third kappa shape index (κ3) is 5.93. The monoisotopic (exact) mass is 238 g/mol. The largest absolute Gasteiger partial charge is 0.0602 e. The first-order valence-electron chi connectivity index (χ1n) is 7.68. The molecule has 0 radical (unpaired) electrons. The van der Waals surface area contributed by atoms with Crippen LogP contribution in [-0.2, 0) is 0 Å². The van der Waals surface area contributed by atoms with Crippen LogP contribution in [0.5, 0.6) is 0 Å². The maximum Gasteiger partial charge on any atom is -0.0354 e. The number of rotatable bonds is 3. The molecule has 0 nitrogen and oxygen atoms in total. The van der Waals surface area contributed by atoms with Crippen LogP contribution in [0.15, 0.2) is 0 Å². The highest BCUT2D eigenvalue weighted by Gasteiger charge is 2.29. The van der Waals surface area contributed by atoms with Crippen LogP contribution in [0.2, 0.25) is 0 Å². The molecule has 0 bridgehead atoms. The van der Waals surface area contributed by atoms with E-state index >= 15 is 0 Å². The van der Waals surface area contributed by atoms with E-state index in [0.29, 0.717) is 10.8 Å². The predicted octanol–water partition coefficient (Wildman–Crippen LogP) is 6.06. The van der Waals surface area contributed by atoms with Gasteiger partial charge in [-0.25, -0.2) is 0 Å². The standard InChI is InChI=1S/C17H34/c1-16(2,3)13-7-8-14-9-11-15(12-10-14)17(4,5)6/h14-15H,7-13H2,1-6H3. The van der Waals surface area contributed by atoms with Gasteiger partial charge in [0.2, 0.25) is 0 Å². The van der Waals surface area contributed by atoms with Gasteiger partial charge in [-0.2, -0.15) is 0 Å². The summed E-state index contributed by atoms with van der Waals surface area (Å²) < 4.78 is 0. The molecule has 0 aromatic rings. The van der Waals surface area contributed by atoms with E-state index in [2.05, 4.69) is 41.5 Å². The average molecular weight is 238 g/mol. The molecule has 1 saturated carbocycles. The Morgan fingerprint density at radius 3 is 1.76 bits per heavy atom. The Kier molecular flexibility index (Phi) is 5.10. The summed E-state index contributed by atoms with van der Waals surface area (Å²) in [4.78, 5) is 0. The zero-order valence-electron chi connectivity index (χ0n) is 13.1. The molecule has 102 valence electrons. The average Bonchev–Trinajstić information content (AvgIpc) is 2.15. The van der Waals surface area contributed by atoms with Crippen molar-refractivity contribution in [2.45, 2.75) is 86.5 Å². The first-order valence-corrected chi connectivity index (χ1v) is 7.68. The SMILES string of the molecule is CC(C)(C)CCCC1CCC(C(C)(C)C)CC1. The van der Waals surface area contributed by atoms with E-state index in [1.165, 1.54) is 44.9 Å². The maximum absolute atomic E-state index is 2.41. The van der Waals surface area contributed by atoms with Crippen LogP contribution < -0.4 is 0 Å². The van der Waals surface area contributed by atoms with E-state index in [9.17, 15) is 0 Å². The summed E-state index contributed by atoms with van der Waals surface area (Å²) in [5, 5.41) is 0. The predicted molar refractivity (Wildman–Crippen MR) is 78.2 cm³/mol. The normalized spacial score (nSPS) is 27.2. The second-order valence-corrected chi connectivity index (χ2v) is 8.54. The summed E-state index contributed by atoms with van der Waals surface area (Å²) in [5.41, 5.74) is 1.07. The molecular weight excluding hydrogens is 204 g/mol. The Morgan fingerprint density at radius 2 is 1.35 bits per heavy atom. The minimum absolute atomic E-state index is 0.530. The van der Waals surface area contributed by atoms with Crippen LogP contribution in [0, 0.1) is 22.7 Å². The molecule has 17 heavy (non-hydrogen) atoms. The summed E-state index contributed by atoms with van der Waals surface area (Å²) in [5.74, 6) is 2.01. The highest BCUT2D eigenvalue weighted by atomic mass is 14.3. The van der Waals surface area contributed by atoms with Gasteiger partial charge in [-0.15, -0.1) is 0 Å². The van der Waals surface area contributed by atoms with Gasteiger partial charge in [-0.3, -0.25) is 0 Å². The summed E-state index contributed by atoms with van der Waals surface area (Å²) >= 11 is 0. The topological polar surface area (TPSA) is 0 Å². The molecular formula is C17H34. The van der Waals surface area contributed by atoms with Gasteiger partial charge in [0, 0.05) is 0 Å². The van der Waals surface area contributed by atoms with Gasteiger partial charge in [0.25, 0.3) is 0 Å². The molecule has 0 atom stereocenters. The lowest BCUT2D eigenvalue weighted by Crippen LogP contribution is -2.25. The van der Waals surface area contributed by atoms with E-state index in [1.807, 2.05) is 0 Å². The molecule has 0 saturated heterocycles. The van der Waals surface area contributed by atoms with Gasteiger partial charge < -0.3 is 0 Å². The summed E-state index contributed by atoms with van der Waals surface area (Å²) in [6.07, 6.45) is 10.3. The van der Waals surface area contributed by atoms with Crippen LogP contribution in [0.25, 0.3) is 0 Å². The number of hydrogen-bond acceptors (Lipinski definition) is 0. The van der Waals surface area contributed by atoms with Crippen molar-refractivity contribution in [2.75, 3.05) is 0 Å². The Labute approximate surface area is 110 Å². The quantitative estimate of drug-likeness (QED) is 0.561. The molecule has 0 N–H and O–H groups in total. The summed E-state index contributed by atoms with van der Waals surface area (Å²) in [7, 11) is 0. The van der Waals surface area contributed by atoms with Crippen molar-refractivity contribution in [1.82, 2.24) is 0 Å². The zero-order chi connectivity index (χ0) is 13.1. The van der Waals surface area contributed by atoms with Crippen molar-refractivity contribution in [3.05, 3.63) is 0 Å². The van der Waals surface area contributed by atoms with E-state index in [0.717, 1.165) is 11.8 Å². The lowest BCUT2D eigenvalue weighted by Gasteiger charge is -2.37. The summed E-state index contributed by atoms with van der Waals surface area (Å²) in [6, 6.07) is 0. The molecule has 0 amide bonds. The van der Waals surface area contributed by atoms with E-state index < -0.39 is 0 Å². The van der Waals surface area contributed by atoms with Crippen molar-refractivity contribution in [3.63, 3.8) is 0 Å². The van der Waals surface area contributed by atoms with Crippen LogP contribution in [-0.4, -0.2) is 0 Å².